The van der Waals surface area contributed by atoms with Gasteiger partial charge in [0.15, 0.2) is 5.96 Å². The monoisotopic (exact) mass is 567 g/mol. The van der Waals surface area contributed by atoms with E-state index < -0.39 is 11.7 Å². The van der Waals surface area contributed by atoms with Crippen LogP contribution in [-0.4, -0.2) is 63.1 Å². The van der Waals surface area contributed by atoms with E-state index in [2.05, 4.69) is 25.8 Å². The predicted molar refractivity (Wildman–Crippen MR) is 130 cm³/mol. The lowest BCUT2D eigenvalue weighted by Crippen LogP contribution is -2.53. The molecule has 1 amide bonds. The predicted octanol–water partition coefficient (Wildman–Crippen LogP) is 3.12. The van der Waals surface area contributed by atoms with Gasteiger partial charge in [-0.15, -0.1) is 24.0 Å². The zero-order valence-electron chi connectivity index (χ0n) is 18.6. The van der Waals surface area contributed by atoms with Crippen molar-refractivity contribution in [1.29, 1.82) is 0 Å². The molecule has 6 nitrogen and oxygen atoms in total. The molecular formula is C22H33F3IN5O. The first kappa shape index (κ1) is 26.7. The third-order valence-electron chi connectivity index (χ3n) is 6.51. The molecule has 2 aliphatic rings. The zero-order chi connectivity index (χ0) is 22.5. The maximum atomic E-state index is 13.2. The topological polar surface area (TPSA) is 68.8 Å². The summed E-state index contributed by atoms with van der Waals surface area (Å²) >= 11 is 0. The molecule has 1 saturated heterocycles. The van der Waals surface area contributed by atoms with Gasteiger partial charge >= 0.3 is 6.18 Å². The smallest absolute Gasteiger partial charge is 0.358 e. The maximum Gasteiger partial charge on any atom is 0.416 e. The van der Waals surface area contributed by atoms with Crippen LogP contribution in [0.2, 0.25) is 0 Å². The Bertz CT molecular complexity index is 790. The third kappa shape index (κ3) is 6.72. The summed E-state index contributed by atoms with van der Waals surface area (Å²) in [4.78, 5) is 18.0. The summed E-state index contributed by atoms with van der Waals surface area (Å²) in [5.41, 5.74) is -0.156. The van der Waals surface area contributed by atoms with E-state index in [-0.39, 0.29) is 41.3 Å². The number of likely N-dealkylation sites (tertiary alicyclic amines) is 1. The second-order valence-electron chi connectivity index (χ2n) is 8.51. The van der Waals surface area contributed by atoms with E-state index in [9.17, 15) is 18.0 Å². The number of nitrogens with zero attached hydrogens (tertiary/aromatic N) is 2. The molecule has 1 aliphatic heterocycles. The summed E-state index contributed by atoms with van der Waals surface area (Å²) in [6.07, 6.45) is 0.186. The number of nitrogens with one attached hydrogen (secondary N) is 3. The first-order valence-electron chi connectivity index (χ1n) is 10.8. The van der Waals surface area contributed by atoms with Crippen LogP contribution >= 0.6 is 24.0 Å². The van der Waals surface area contributed by atoms with Crippen LogP contribution in [0.15, 0.2) is 29.3 Å². The van der Waals surface area contributed by atoms with Gasteiger partial charge in [0.2, 0.25) is 5.91 Å². The number of amides is 1. The third-order valence-corrected chi connectivity index (χ3v) is 6.51. The minimum Gasteiger partial charge on any atom is -0.358 e. The number of halogens is 4. The summed E-state index contributed by atoms with van der Waals surface area (Å²) in [6.45, 7) is 2.62. The highest BCUT2D eigenvalue weighted by atomic mass is 127. The van der Waals surface area contributed by atoms with Gasteiger partial charge in [0, 0.05) is 45.2 Å². The van der Waals surface area contributed by atoms with Crippen molar-refractivity contribution in [2.24, 2.45) is 4.99 Å². The Labute approximate surface area is 204 Å². The van der Waals surface area contributed by atoms with E-state index in [4.69, 9.17) is 0 Å². The highest BCUT2D eigenvalue weighted by Crippen LogP contribution is 2.44. The number of carbonyl (C=O) groups excluding carboxylic acids is 1. The van der Waals surface area contributed by atoms with Crippen molar-refractivity contribution in [3.63, 3.8) is 0 Å². The Balaban J connectivity index is 0.00000363. The first-order chi connectivity index (χ1) is 14.8. The standard InChI is InChI=1S/C22H32F3N5O.HI/c1-26-19(31)14-30-11-7-18(8-12-30)29-20(27-2)28-15-21(9-4-10-21)16-5-3-6-17(13-16)22(23,24)25;/h3,5-6,13,18H,4,7-12,14-15H2,1-2H3,(H,26,31)(H2,27,28,29);1H. The van der Waals surface area contributed by atoms with Gasteiger partial charge in [-0.2, -0.15) is 13.2 Å². The summed E-state index contributed by atoms with van der Waals surface area (Å²) in [5, 5.41) is 9.43. The SMILES string of the molecule is CN=C(NCC1(c2cccc(C(F)(F)F)c2)CCC1)NC1CCN(CC(=O)NC)CC1.I. The summed E-state index contributed by atoms with van der Waals surface area (Å²) < 4.78 is 39.5. The van der Waals surface area contributed by atoms with Crippen LogP contribution in [-0.2, 0) is 16.4 Å². The van der Waals surface area contributed by atoms with Crippen molar-refractivity contribution in [3.05, 3.63) is 35.4 Å². The Kier molecular flexibility index (Phi) is 9.62. The molecule has 32 heavy (non-hydrogen) atoms. The molecule has 0 atom stereocenters. The van der Waals surface area contributed by atoms with Gasteiger partial charge in [-0.1, -0.05) is 24.6 Å². The van der Waals surface area contributed by atoms with Crippen LogP contribution in [0.1, 0.15) is 43.2 Å². The molecule has 1 heterocycles. The van der Waals surface area contributed by atoms with Gasteiger partial charge < -0.3 is 16.0 Å². The molecule has 10 heteroatoms. The lowest BCUT2D eigenvalue weighted by Gasteiger charge is -2.43. The van der Waals surface area contributed by atoms with E-state index >= 15 is 0 Å². The Morgan fingerprint density at radius 3 is 2.47 bits per heavy atom. The van der Waals surface area contributed by atoms with Crippen LogP contribution in [0.4, 0.5) is 13.2 Å². The molecule has 0 aromatic heterocycles. The summed E-state index contributed by atoms with van der Waals surface area (Å²) in [6, 6.07) is 5.96. The van der Waals surface area contributed by atoms with Crippen molar-refractivity contribution in [2.75, 3.05) is 40.3 Å². The number of carbonyl (C=O) groups is 1. The van der Waals surface area contributed by atoms with Crippen LogP contribution in [0.25, 0.3) is 0 Å². The average molecular weight is 567 g/mol. The normalized spacial score (nSPS) is 19.5. The Morgan fingerprint density at radius 1 is 1.25 bits per heavy atom. The van der Waals surface area contributed by atoms with E-state index in [1.54, 1.807) is 20.2 Å². The Morgan fingerprint density at radius 2 is 1.94 bits per heavy atom. The number of aliphatic imine (C=N–C) groups is 1. The largest absolute Gasteiger partial charge is 0.416 e. The van der Waals surface area contributed by atoms with Crippen molar-refractivity contribution < 1.29 is 18.0 Å². The lowest BCUT2D eigenvalue weighted by atomic mass is 9.64. The van der Waals surface area contributed by atoms with E-state index in [0.29, 0.717) is 19.0 Å². The van der Waals surface area contributed by atoms with E-state index in [0.717, 1.165) is 56.8 Å². The van der Waals surface area contributed by atoms with Crippen LogP contribution in [0.5, 0.6) is 0 Å². The number of alkyl halides is 3. The van der Waals surface area contributed by atoms with Crippen molar-refractivity contribution in [2.45, 2.75) is 49.7 Å². The number of hydrogen-bond acceptors (Lipinski definition) is 3. The van der Waals surface area contributed by atoms with E-state index in [1.165, 1.54) is 12.1 Å². The molecule has 0 bridgehead atoms. The van der Waals surface area contributed by atoms with Gasteiger partial charge in [-0.3, -0.25) is 14.7 Å². The quantitative estimate of drug-likeness (QED) is 0.281. The first-order valence-corrected chi connectivity index (χ1v) is 10.8. The minimum absolute atomic E-state index is 0. The number of rotatable bonds is 6. The number of piperidine rings is 1. The molecule has 0 unspecified atom stereocenters. The molecule has 180 valence electrons. The molecule has 0 radical (unpaired) electrons. The molecule has 2 fully saturated rings. The van der Waals surface area contributed by atoms with Crippen LogP contribution in [0.3, 0.4) is 0 Å². The minimum atomic E-state index is -4.33. The molecule has 1 aliphatic carbocycles. The fourth-order valence-corrected chi connectivity index (χ4v) is 4.35. The highest BCUT2D eigenvalue weighted by Gasteiger charge is 2.40. The molecule has 3 rings (SSSR count). The maximum absolute atomic E-state index is 13.2. The fraction of sp³-hybridized carbons (Fsp3) is 0.636. The van der Waals surface area contributed by atoms with E-state index in [1.807, 2.05) is 0 Å². The van der Waals surface area contributed by atoms with Gasteiger partial charge in [-0.25, -0.2) is 0 Å². The van der Waals surface area contributed by atoms with Crippen molar-refractivity contribution in [3.8, 4) is 0 Å². The molecule has 0 spiro atoms. The molecular weight excluding hydrogens is 534 g/mol. The van der Waals surface area contributed by atoms with Gasteiger partial charge in [-0.05, 0) is 37.3 Å². The van der Waals surface area contributed by atoms with Crippen LogP contribution in [0, 0.1) is 0 Å². The molecule has 1 aromatic rings. The highest BCUT2D eigenvalue weighted by molar-refractivity contribution is 14.0. The Hall–Kier alpha value is -1.56. The fourth-order valence-electron chi connectivity index (χ4n) is 4.35. The molecule has 1 aromatic carbocycles. The van der Waals surface area contributed by atoms with Crippen molar-refractivity contribution in [1.82, 2.24) is 20.9 Å². The molecule has 1 saturated carbocycles. The number of benzene rings is 1. The number of guanidine groups is 1. The van der Waals surface area contributed by atoms with Gasteiger partial charge in [0.1, 0.15) is 0 Å². The summed E-state index contributed by atoms with van der Waals surface area (Å²) in [5.74, 6) is 0.687. The van der Waals surface area contributed by atoms with Crippen molar-refractivity contribution >= 4 is 35.8 Å². The average Bonchev–Trinajstić information content (AvgIpc) is 2.73. The number of hydrogen-bond donors (Lipinski definition) is 3. The lowest BCUT2D eigenvalue weighted by molar-refractivity contribution is -0.137. The second-order valence-corrected chi connectivity index (χ2v) is 8.51. The number of likely N-dealkylation sites (N-methyl/N-ethyl adjacent to an activating group) is 1. The van der Waals surface area contributed by atoms with Crippen LogP contribution < -0.4 is 16.0 Å². The molecule has 3 N–H and O–H groups in total. The zero-order valence-corrected chi connectivity index (χ0v) is 20.9. The summed E-state index contributed by atoms with van der Waals surface area (Å²) in [7, 11) is 3.34. The van der Waals surface area contributed by atoms with Gasteiger partial charge in [0.05, 0.1) is 12.1 Å². The second kappa shape index (κ2) is 11.5. The van der Waals surface area contributed by atoms with Gasteiger partial charge in [0.25, 0.3) is 0 Å².